The molecule has 1 aliphatic rings. The van der Waals surface area contributed by atoms with Gasteiger partial charge in [0.25, 0.3) is 0 Å². The van der Waals surface area contributed by atoms with E-state index in [1.54, 1.807) is 36.2 Å². The third-order valence-corrected chi connectivity index (χ3v) is 6.73. The minimum Gasteiger partial charge on any atom is -0.481 e. The number of aromatic nitrogens is 1. The first kappa shape index (κ1) is 23.3. The number of hydrogen-bond donors (Lipinski definition) is 1. The van der Waals surface area contributed by atoms with E-state index < -0.39 is 17.4 Å². The Bertz CT molecular complexity index is 1200. The molecule has 3 unspecified atom stereocenters. The Hall–Kier alpha value is -2.89. The normalized spacial score (nSPS) is 22.9. The number of aliphatic carboxylic acids is 1. The number of aryl methyl sites for hydroxylation is 1. The molecule has 3 atom stereocenters. The summed E-state index contributed by atoms with van der Waals surface area (Å²) in [4.78, 5) is 31.9. The third kappa shape index (κ3) is 4.75. The molecule has 1 saturated heterocycles. The molecular weight excluding hydrogens is 459 g/mol. The lowest BCUT2D eigenvalue weighted by molar-refractivity contribution is -0.145. The number of carboxylic acids is 1. The summed E-state index contributed by atoms with van der Waals surface area (Å²) in [6.45, 7) is 3.66. The van der Waals surface area contributed by atoms with Crippen LogP contribution in [0.2, 0.25) is 10.0 Å². The lowest BCUT2D eigenvalue weighted by Gasteiger charge is -2.48. The van der Waals surface area contributed by atoms with Crippen LogP contribution >= 0.6 is 23.2 Å². The van der Waals surface area contributed by atoms with Crippen LogP contribution in [0.4, 0.5) is 5.82 Å². The number of anilines is 1. The van der Waals surface area contributed by atoms with Gasteiger partial charge in [-0.15, -0.1) is 0 Å². The summed E-state index contributed by atoms with van der Waals surface area (Å²) in [5.41, 5.74) is 1.66. The van der Waals surface area contributed by atoms with Crippen molar-refractivity contribution in [1.29, 1.82) is 0 Å². The average molecular weight is 483 g/mol. The zero-order valence-electron chi connectivity index (χ0n) is 18.3. The number of nitrogens with zero attached hydrogens (tertiary/aromatic N) is 2. The van der Waals surface area contributed by atoms with Gasteiger partial charge in [-0.2, -0.15) is 0 Å². The van der Waals surface area contributed by atoms with Crippen molar-refractivity contribution in [2.45, 2.75) is 38.6 Å². The summed E-state index contributed by atoms with van der Waals surface area (Å²) in [6, 6.07) is 18.2. The molecule has 0 aliphatic carbocycles. The maximum Gasteiger partial charge on any atom is 0.304 e. The Kier molecular flexibility index (Phi) is 6.46. The van der Waals surface area contributed by atoms with Crippen molar-refractivity contribution in [2.24, 2.45) is 5.41 Å². The number of pyridine rings is 1. The van der Waals surface area contributed by atoms with E-state index >= 15 is 0 Å². The molecule has 2 heterocycles. The summed E-state index contributed by atoms with van der Waals surface area (Å²) in [5.74, 6) is -1.00. The van der Waals surface area contributed by atoms with Crippen LogP contribution in [0, 0.1) is 12.3 Å². The van der Waals surface area contributed by atoms with Crippen LogP contribution in [0.3, 0.4) is 0 Å². The molecule has 1 N–H and O–H groups in total. The van der Waals surface area contributed by atoms with Crippen molar-refractivity contribution in [3.63, 3.8) is 0 Å². The molecule has 1 aromatic heterocycles. The molecule has 7 heteroatoms. The number of carboxylic acid groups (broad SMARTS) is 1. The van der Waals surface area contributed by atoms with Crippen molar-refractivity contribution < 1.29 is 14.7 Å². The van der Waals surface area contributed by atoms with Crippen LogP contribution in [0.25, 0.3) is 0 Å². The topological polar surface area (TPSA) is 70.5 Å². The monoisotopic (exact) mass is 482 g/mol. The SMILES string of the molecule is Cc1ccnc(N2C(=O)C(C)(CC(=O)O)CC(c3cccc(Cl)c3)C2c2ccc(Cl)cc2)c1. The lowest BCUT2D eigenvalue weighted by Crippen LogP contribution is -2.53. The van der Waals surface area contributed by atoms with E-state index in [0.29, 0.717) is 22.3 Å². The largest absolute Gasteiger partial charge is 0.481 e. The minimum absolute atomic E-state index is 0.214. The second-order valence-electron chi connectivity index (χ2n) is 8.86. The van der Waals surface area contributed by atoms with Crippen molar-refractivity contribution in [3.05, 3.63) is 93.6 Å². The second-order valence-corrected chi connectivity index (χ2v) is 9.73. The van der Waals surface area contributed by atoms with E-state index in [0.717, 1.165) is 16.7 Å². The Morgan fingerprint density at radius 3 is 2.45 bits per heavy atom. The summed E-state index contributed by atoms with van der Waals surface area (Å²) in [6.07, 6.45) is 1.74. The van der Waals surface area contributed by atoms with Crippen LogP contribution in [0.15, 0.2) is 66.9 Å². The van der Waals surface area contributed by atoms with Crippen molar-refractivity contribution in [3.8, 4) is 0 Å². The quantitative estimate of drug-likeness (QED) is 0.454. The van der Waals surface area contributed by atoms with Gasteiger partial charge in [0.05, 0.1) is 17.9 Å². The molecule has 1 amide bonds. The molecule has 0 spiro atoms. The van der Waals surface area contributed by atoms with Gasteiger partial charge in [-0.3, -0.25) is 14.5 Å². The maximum atomic E-state index is 14.0. The van der Waals surface area contributed by atoms with Crippen LogP contribution in [-0.4, -0.2) is 22.0 Å². The molecule has 1 fully saturated rings. The Balaban J connectivity index is 1.96. The molecule has 2 aromatic carbocycles. The number of piperidine rings is 1. The van der Waals surface area contributed by atoms with E-state index in [1.807, 2.05) is 49.4 Å². The van der Waals surface area contributed by atoms with E-state index in [9.17, 15) is 14.7 Å². The Morgan fingerprint density at radius 2 is 1.82 bits per heavy atom. The van der Waals surface area contributed by atoms with Gasteiger partial charge in [-0.05, 0) is 66.4 Å². The molecule has 3 aromatic rings. The highest BCUT2D eigenvalue weighted by atomic mass is 35.5. The first-order valence-electron chi connectivity index (χ1n) is 10.7. The summed E-state index contributed by atoms with van der Waals surface area (Å²) < 4.78 is 0. The standard InChI is InChI=1S/C26H24Cl2N2O3/c1-16-10-11-29-22(12-16)30-24(17-6-8-19(27)9-7-17)21(18-4-3-5-20(28)13-18)14-26(2,25(30)33)15-23(31)32/h3-13,21,24H,14-15H2,1-2H3,(H,31,32). The van der Waals surface area contributed by atoms with Crippen molar-refractivity contribution >= 4 is 40.9 Å². The van der Waals surface area contributed by atoms with Gasteiger partial charge in [0.1, 0.15) is 5.82 Å². The number of amides is 1. The van der Waals surface area contributed by atoms with Crippen molar-refractivity contribution in [1.82, 2.24) is 4.98 Å². The first-order chi connectivity index (χ1) is 15.7. The molecule has 33 heavy (non-hydrogen) atoms. The van der Waals surface area contributed by atoms with Crippen LogP contribution in [0.1, 0.15) is 48.4 Å². The smallest absolute Gasteiger partial charge is 0.304 e. The lowest BCUT2D eigenvalue weighted by atomic mass is 9.67. The van der Waals surface area contributed by atoms with Crippen LogP contribution in [-0.2, 0) is 9.59 Å². The van der Waals surface area contributed by atoms with Gasteiger partial charge in [0.15, 0.2) is 0 Å². The fourth-order valence-corrected chi connectivity index (χ4v) is 5.06. The zero-order valence-corrected chi connectivity index (χ0v) is 19.8. The number of halogens is 2. The van der Waals surface area contributed by atoms with Gasteiger partial charge >= 0.3 is 5.97 Å². The molecule has 0 radical (unpaired) electrons. The molecule has 170 valence electrons. The zero-order chi connectivity index (χ0) is 23.8. The van der Waals surface area contributed by atoms with Crippen LogP contribution < -0.4 is 4.90 Å². The van der Waals surface area contributed by atoms with Gasteiger partial charge in [-0.25, -0.2) is 4.98 Å². The third-order valence-electron chi connectivity index (χ3n) is 6.24. The van der Waals surface area contributed by atoms with E-state index in [4.69, 9.17) is 23.2 Å². The highest BCUT2D eigenvalue weighted by Crippen LogP contribution is 2.52. The second kappa shape index (κ2) is 9.16. The number of benzene rings is 2. The van der Waals surface area contributed by atoms with E-state index in [2.05, 4.69) is 4.98 Å². The van der Waals surface area contributed by atoms with Gasteiger partial charge < -0.3 is 5.11 Å². The van der Waals surface area contributed by atoms with Gasteiger partial charge in [0, 0.05) is 22.2 Å². The predicted molar refractivity (Wildman–Crippen MR) is 130 cm³/mol. The maximum absolute atomic E-state index is 14.0. The van der Waals surface area contributed by atoms with Crippen molar-refractivity contribution in [2.75, 3.05) is 4.90 Å². The summed E-state index contributed by atoms with van der Waals surface area (Å²) in [7, 11) is 0. The molecule has 0 bridgehead atoms. The molecular formula is C26H24Cl2N2O3. The van der Waals surface area contributed by atoms with E-state index in [1.165, 1.54) is 0 Å². The fraction of sp³-hybridized carbons (Fsp3) is 0.269. The number of rotatable bonds is 5. The van der Waals surface area contributed by atoms with Crippen LogP contribution in [0.5, 0.6) is 0 Å². The first-order valence-corrected chi connectivity index (χ1v) is 11.4. The molecule has 5 nitrogen and oxygen atoms in total. The van der Waals surface area contributed by atoms with Gasteiger partial charge in [0.2, 0.25) is 5.91 Å². The number of carbonyl (C=O) groups is 2. The highest BCUT2D eigenvalue weighted by Gasteiger charge is 2.51. The predicted octanol–water partition coefficient (Wildman–Crippen LogP) is 6.44. The van der Waals surface area contributed by atoms with E-state index in [-0.39, 0.29) is 18.2 Å². The Labute approximate surface area is 203 Å². The Morgan fingerprint density at radius 1 is 1.09 bits per heavy atom. The molecule has 0 saturated carbocycles. The summed E-state index contributed by atoms with van der Waals surface area (Å²) >= 11 is 12.5. The number of hydrogen-bond acceptors (Lipinski definition) is 3. The molecule has 1 aliphatic heterocycles. The summed E-state index contributed by atoms with van der Waals surface area (Å²) in [5, 5.41) is 10.8. The number of carbonyl (C=O) groups excluding carboxylic acids is 1. The fourth-order valence-electron chi connectivity index (χ4n) is 4.74. The minimum atomic E-state index is -1.12. The highest BCUT2D eigenvalue weighted by molar-refractivity contribution is 6.30. The average Bonchev–Trinajstić information content (AvgIpc) is 2.75. The molecule has 4 rings (SSSR count). The van der Waals surface area contributed by atoms with Gasteiger partial charge in [-0.1, -0.05) is 54.4 Å².